The lowest BCUT2D eigenvalue weighted by Gasteiger charge is -2.14. The molecule has 0 atom stereocenters. The van der Waals surface area contributed by atoms with Crippen LogP contribution in [0.25, 0.3) is 16.7 Å². The molecule has 4 rings (SSSR count). The fraction of sp³-hybridized carbons (Fsp3) is 0.208. The molecule has 0 saturated heterocycles. The number of aromatic nitrogens is 3. The average Bonchev–Trinajstić information content (AvgIpc) is 3.14. The van der Waals surface area contributed by atoms with E-state index in [1.165, 1.54) is 11.8 Å². The highest BCUT2D eigenvalue weighted by Gasteiger charge is 2.16. The summed E-state index contributed by atoms with van der Waals surface area (Å²) < 4.78 is 1.56. The first-order valence-corrected chi connectivity index (χ1v) is 11.2. The van der Waals surface area contributed by atoms with Gasteiger partial charge in [-0.25, -0.2) is 4.98 Å². The van der Waals surface area contributed by atoms with E-state index in [4.69, 9.17) is 0 Å². The second-order valence-corrected chi connectivity index (χ2v) is 8.80. The summed E-state index contributed by atoms with van der Waals surface area (Å²) in [7, 11) is 3.93. The SMILES string of the molecule is Cc1ccc(-n2c(SCC(=O)Nc3ccc(N(C)C)cc3)nc3cc(C)[nH]c3c2=O)cc1. The smallest absolute Gasteiger partial charge is 0.283 e. The number of thioether (sulfide) groups is 1. The molecule has 2 heterocycles. The summed E-state index contributed by atoms with van der Waals surface area (Å²) in [4.78, 5) is 35.6. The van der Waals surface area contributed by atoms with Gasteiger partial charge in [-0.15, -0.1) is 0 Å². The van der Waals surface area contributed by atoms with Crippen molar-refractivity contribution in [3.8, 4) is 5.69 Å². The zero-order valence-electron chi connectivity index (χ0n) is 18.5. The van der Waals surface area contributed by atoms with Crippen LogP contribution in [0, 0.1) is 13.8 Å². The Labute approximate surface area is 190 Å². The largest absolute Gasteiger partial charge is 0.378 e. The molecule has 0 bridgehead atoms. The number of aromatic amines is 1. The summed E-state index contributed by atoms with van der Waals surface area (Å²) in [6, 6.07) is 17.1. The molecular weight excluding hydrogens is 422 g/mol. The first-order chi connectivity index (χ1) is 15.3. The average molecular weight is 448 g/mol. The molecule has 0 spiro atoms. The highest BCUT2D eigenvalue weighted by atomic mass is 32.2. The maximum Gasteiger partial charge on any atom is 0.283 e. The molecule has 0 aliphatic carbocycles. The standard InChI is InChI=1S/C24H25N5O2S/c1-15-5-9-19(10-6-15)29-23(31)22-20(13-16(2)25-22)27-24(29)32-14-21(30)26-17-7-11-18(12-8-17)28(3)4/h5-13,25H,14H2,1-4H3,(H,26,30). The van der Waals surface area contributed by atoms with E-state index in [9.17, 15) is 9.59 Å². The number of hydrogen-bond donors (Lipinski definition) is 2. The van der Waals surface area contributed by atoms with Gasteiger partial charge in [-0.05, 0) is 56.3 Å². The van der Waals surface area contributed by atoms with Crippen molar-refractivity contribution in [2.45, 2.75) is 19.0 Å². The zero-order chi connectivity index (χ0) is 22.8. The lowest BCUT2D eigenvalue weighted by molar-refractivity contribution is -0.113. The van der Waals surface area contributed by atoms with Crippen LogP contribution in [0.5, 0.6) is 0 Å². The molecule has 164 valence electrons. The van der Waals surface area contributed by atoms with E-state index in [-0.39, 0.29) is 17.2 Å². The topological polar surface area (TPSA) is 83.0 Å². The summed E-state index contributed by atoms with van der Waals surface area (Å²) >= 11 is 1.24. The van der Waals surface area contributed by atoms with Crippen molar-refractivity contribution in [2.24, 2.45) is 0 Å². The maximum absolute atomic E-state index is 13.2. The van der Waals surface area contributed by atoms with Crippen molar-refractivity contribution in [3.05, 3.63) is 76.2 Å². The number of carbonyl (C=O) groups excluding carboxylic acids is 1. The predicted molar refractivity (Wildman–Crippen MR) is 131 cm³/mol. The molecule has 0 fully saturated rings. The molecule has 2 aromatic carbocycles. The van der Waals surface area contributed by atoms with Gasteiger partial charge in [-0.1, -0.05) is 29.5 Å². The molecule has 1 amide bonds. The second-order valence-electron chi connectivity index (χ2n) is 7.86. The maximum atomic E-state index is 13.2. The summed E-state index contributed by atoms with van der Waals surface area (Å²) in [5.41, 5.74) is 5.32. The summed E-state index contributed by atoms with van der Waals surface area (Å²) in [5.74, 6) is -0.0366. The van der Waals surface area contributed by atoms with E-state index < -0.39 is 0 Å². The Morgan fingerprint density at radius 2 is 1.78 bits per heavy atom. The Kier molecular flexibility index (Phi) is 6.05. The molecule has 0 aliphatic heterocycles. The number of aryl methyl sites for hydroxylation is 2. The number of fused-ring (bicyclic) bond motifs is 1. The molecule has 2 aromatic heterocycles. The van der Waals surface area contributed by atoms with E-state index >= 15 is 0 Å². The number of amides is 1. The van der Waals surface area contributed by atoms with Gasteiger partial charge >= 0.3 is 0 Å². The normalized spacial score (nSPS) is 11.0. The highest BCUT2D eigenvalue weighted by Crippen LogP contribution is 2.23. The number of hydrogen-bond acceptors (Lipinski definition) is 5. The van der Waals surface area contributed by atoms with Gasteiger partial charge in [0.15, 0.2) is 5.16 Å². The Hall–Kier alpha value is -3.52. The molecule has 2 N–H and O–H groups in total. The Balaban J connectivity index is 1.60. The lowest BCUT2D eigenvalue weighted by Crippen LogP contribution is -2.23. The van der Waals surface area contributed by atoms with Crippen LogP contribution in [0.15, 0.2) is 64.5 Å². The molecular formula is C24H25N5O2S. The van der Waals surface area contributed by atoms with Crippen LogP contribution in [0.1, 0.15) is 11.3 Å². The number of H-pyrrole nitrogens is 1. The quantitative estimate of drug-likeness (QED) is 0.343. The minimum Gasteiger partial charge on any atom is -0.378 e. The summed E-state index contributed by atoms with van der Waals surface area (Å²) in [5, 5.41) is 3.38. The van der Waals surface area contributed by atoms with Crippen molar-refractivity contribution in [2.75, 3.05) is 30.1 Å². The minimum atomic E-state index is -0.186. The van der Waals surface area contributed by atoms with Crippen LogP contribution in [-0.4, -0.2) is 40.3 Å². The highest BCUT2D eigenvalue weighted by molar-refractivity contribution is 7.99. The number of carbonyl (C=O) groups is 1. The third kappa shape index (κ3) is 4.55. The fourth-order valence-electron chi connectivity index (χ4n) is 3.37. The van der Waals surface area contributed by atoms with E-state index in [2.05, 4.69) is 15.3 Å². The van der Waals surface area contributed by atoms with Crippen molar-refractivity contribution in [1.29, 1.82) is 0 Å². The molecule has 0 radical (unpaired) electrons. The molecule has 0 aliphatic rings. The summed E-state index contributed by atoms with van der Waals surface area (Å²) in [6.45, 7) is 3.88. The third-order valence-electron chi connectivity index (χ3n) is 5.05. The minimum absolute atomic E-state index is 0.128. The lowest BCUT2D eigenvalue weighted by atomic mass is 10.2. The van der Waals surface area contributed by atoms with Gasteiger partial charge in [-0.3, -0.25) is 14.2 Å². The molecule has 0 saturated carbocycles. The van der Waals surface area contributed by atoms with Crippen molar-refractivity contribution in [3.63, 3.8) is 0 Å². The number of rotatable bonds is 6. The molecule has 7 nitrogen and oxygen atoms in total. The monoisotopic (exact) mass is 447 g/mol. The Bertz CT molecular complexity index is 1320. The third-order valence-corrected chi connectivity index (χ3v) is 5.99. The first-order valence-electron chi connectivity index (χ1n) is 10.2. The van der Waals surface area contributed by atoms with Gasteiger partial charge in [0.25, 0.3) is 5.56 Å². The number of nitrogens with zero attached hydrogens (tertiary/aromatic N) is 3. The van der Waals surface area contributed by atoms with Gasteiger partial charge in [0.05, 0.1) is 17.0 Å². The van der Waals surface area contributed by atoms with Gasteiger partial charge in [0.1, 0.15) is 5.52 Å². The van der Waals surface area contributed by atoms with Crippen LogP contribution < -0.4 is 15.8 Å². The fourth-order valence-corrected chi connectivity index (χ4v) is 4.18. The van der Waals surface area contributed by atoms with E-state index in [0.717, 1.165) is 22.6 Å². The van der Waals surface area contributed by atoms with Crippen LogP contribution in [0.2, 0.25) is 0 Å². The van der Waals surface area contributed by atoms with Crippen molar-refractivity contribution in [1.82, 2.24) is 14.5 Å². The van der Waals surface area contributed by atoms with E-state index in [1.807, 2.05) is 87.4 Å². The number of benzene rings is 2. The van der Waals surface area contributed by atoms with Crippen LogP contribution in [-0.2, 0) is 4.79 Å². The van der Waals surface area contributed by atoms with Gasteiger partial charge < -0.3 is 15.2 Å². The molecule has 4 aromatic rings. The number of nitrogens with one attached hydrogen (secondary N) is 2. The zero-order valence-corrected chi connectivity index (χ0v) is 19.3. The van der Waals surface area contributed by atoms with Crippen LogP contribution in [0.4, 0.5) is 11.4 Å². The van der Waals surface area contributed by atoms with Gasteiger partial charge in [0.2, 0.25) is 5.91 Å². The Morgan fingerprint density at radius 3 is 2.44 bits per heavy atom. The van der Waals surface area contributed by atoms with E-state index in [1.54, 1.807) is 4.57 Å². The Morgan fingerprint density at radius 1 is 1.09 bits per heavy atom. The van der Waals surface area contributed by atoms with E-state index in [0.29, 0.717) is 21.9 Å². The molecule has 8 heteroatoms. The molecule has 0 unspecified atom stereocenters. The second kappa shape index (κ2) is 8.92. The van der Waals surface area contributed by atoms with Crippen molar-refractivity contribution < 1.29 is 4.79 Å². The predicted octanol–water partition coefficient (Wildman–Crippen LogP) is 4.13. The molecule has 32 heavy (non-hydrogen) atoms. The first kappa shape index (κ1) is 21.7. The van der Waals surface area contributed by atoms with Crippen LogP contribution >= 0.6 is 11.8 Å². The number of anilines is 2. The van der Waals surface area contributed by atoms with Gasteiger partial charge in [0, 0.05) is 31.2 Å². The van der Waals surface area contributed by atoms with Crippen LogP contribution in [0.3, 0.4) is 0 Å². The summed E-state index contributed by atoms with van der Waals surface area (Å²) in [6.07, 6.45) is 0. The van der Waals surface area contributed by atoms with Gasteiger partial charge in [-0.2, -0.15) is 0 Å². The van der Waals surface area contributed by atoms with Crippen molar-refractivity contribution >= 4 is 40.1 Å².